The summed E-state index contributed by atoms with van der Waals surface area (Å²) in [7, 11) is 0. The quantitative estimate of drug-likeness (QED) is 0.0840. The molecule has 0 saturated carbocycles. The Bertz CT molecular complexity index is 2010. The molecule has 2 aromatic carbocycles. The van der Waals surface area contributed by atoms with Crippen LogP contribution in [0.15, 0.2) is 91.7 Å². The average molecular weight is 667 g/mol. The summed E-state index contributed by atoms with van der Waals surface area (Å²) in [6.45, 7) is 13.7. The maximum atomic E-state index is 11.8. The van der Waals surface area contributed by atoms with Gasteiger partial charge in [-0.1, -0.05) is 23.3 Å². The first-order chi connectivity index (χ1) is 23.4. The second-order valence-corrected chi connectivity index (χ2v) is 14.7. The van der Waals surface area contributed by atoms with Crippen molar-refractivity contribution in [2.24, 2.45) is 0 Å². The minimum atomic E-state index is -0.811. The highest BCUT2D eigenvalue weighted by molar-refractivity contribution is 6.01. The molecule has 7 rings (SSSR count). The summed E-state index contributed by atoms with van der Waals surface area (Å²) in [5.74, 6) is 0.672. The molecule has 0 radical (unpaired) electrons. The monoisotopic (exact) mass is 666 g/mol. The lowest BCUT2D eigenvalue weighted by atomic mass is 9.93. The number of fused-ring (bicyclic) bond motifs is 3. The molecule has 4 heterocycles. The van der Waals surface area contributed by atoms with Crippen LogP contribution in [0.2, 0.25) is 0 Å². The molecule has 1 aliphatic carbocycles. The molecule has 49 heavy (non-hydrogen) atoms. The fraction of sp³-hybridized carbons (Fsp3) is 0.439. The molecule has 3 atom stereocenters. The van der Waals surface area contributed by atoms with Crippen LogP contribution in [0, 0.1) is 0 Å². The van der Waals surface area contributed by atoms with Crippen molar-refractivity contribution in [2.75, 3.05) is 13.2 Å². The van der Waals surface area contributed by atoms with Crippen LogP contribution in [0.5, 0.6) is 11.5 Å². The first kappa shape index (κ1) is 33.4. The molecule has 3 aliphatic rings. The Kier molecular flexibility index (Phi) is 8.84. The van der Waals surface area contributed by atoms with E-state index in [0.717, 1.165) is 53.3 Å². The van der Waals surface area contributed by atoms with Gasteiger partial charge in [0.05, 0.1) is 40.4 Å². The molecule has 2 fully saturated rings. The summed E-state index contributed by atoms with van der Waals surface area (Å²) in [4.78, 5) is 11.8. The van der Waals surface area contributed by atoms with E-state index in [0.29, 0.717) is 42.7 Å². The molecule has 0 amide bonds. The Morgan fingerprint density at radius 3 is 2.27 bits per heavy atom. The normalized spacial score (nSPS) is 24.1. The molecule has 258 valence electrons. The van der Waals surface area contributed by atoms with Crippen molar-refractivity contribution in [1.29, 1.82) is 0 Å². The molecular weight excluding hydrogens is 620 g/mol. The Hall–Kier alpha value is -4.11. The Morgan fingerprint density at radius 1 is 0.837 bits per heavy atom. The van der Waals surface area contributed by atoms with Gasteiger partial charge in [-0.05, 0) is 121 Å². The third-order valence-electron chi connectivity index (χ3n) is 10.0. The lowest BCUT2D eigenvalue weighted by Crippen LogP contribution is -2.35. The number of hydrogen-bond donors (Lipinski definition) is 0. The molecule has 1 unspecified atom stereocenters. The topological polar surface area (TPSA) is 92.8 Å². The molecule has 4 aromatic rings. The van der Waals surface area contributed by atoms with Crippen LogP contribution in [-0.2, 0) is 20.6 Å². The number of rotatable bonds is 12. The van der Waals surface area contributed by atoms with Crippen LogP contribution < -0.4 is 15.1 Å². The van der Waals surface area contributed by atoms with Crippen molar-refractivity contribution in [3.63, 3.8) is 0 Å². The third-order valence-corrected chi connectivity index (χ3v) is 10.0. The smallest absolute Gasteiger partial charge is 0.336 e. The van der Waals surface area contributed by atoms with Gasteiger partial charge in [-0.3, -0.25) is 0 Å². The Morgan fingerprint density at radius 2 is 1.53 bits per heavy atom. The fourth-order valence-corrected chi connectivity index (χ4v) is 6.98. The van der Waals surface area contributed by atoms with E-state index in [2.05, 4.69) is 78.0 Å². The van der Waals surface area contributed by atoms with E-state index in [4.69, 9.17) is 32.5 Å². The van der Waals surface area contributed by atoms with E-state index in [-0.39, 0.29) is 11.7 Å². The molecule has 8 nitrogen and oxygen atoms in total. The number of epoxide rings is 1. The molecule has 2 saturated heterocycles. The molecule has 8 heteroatoms. The Labute approximate surface area is 287 Å². The minimum Gasteiger partial charge on any atom is -0.490 e. The van der Waals surface area contributed by atoms with E-state index in [1.165, 1.54) is 17.2 Å². The summed E-state index contributed by atoms with van der Waals surface area (Å²) in [6.07, 6.45) is 14.6. The number of furan rings is 1. The van der Waals surface area contributed by atoms with Crippen LogP contribution in [0.1, 0.15) is 78.4 Å². The zero-order valence-corrected chi connectivity index (χ0v) is 29.3. The van der Waals surface area contributed by atoms with E-state index >= 15 is 0 Å². The maximum absolute atomic E-state index is 11.8. The lowest BCUT2D eigenvalue weighted by Gasteiger charge is -2.30. The highest BCUT2D eigenvalue weighted by atomic mass is 16.8. The average Bonchev–Trinajstić information content (AvgIpc) is 3.31. The molecule has 2 aliphatic heterocycles. The SMILES string of the molecule is CC(=CCOc1ccc2c(c1)C[C@@]1(C=C2)O[C@H](CCC(C)=CCOc2c3ccoc3cc3oc(=O)ccc23)C(C)(C)O1)CCC1OC1(C)C. The molecule has 1 spiro atoms. The predicted molar refractivity (Wildman–Crippen MR) is 190 cm³/mol. The second-order valence-electron chi connectivity index (χ2n) is 14.7. The van der Waals surface area contributed by atoms with Gasteiger partial charge in [0.2, 0.25) is 0 Å². The number of hydrogen-bond acceptors (Lipinski definition) is 8. The summed E-state index contributed by atoms with van der Waals surface area (Å²) in [5, 5.41) is 1.57. The van der Waals surface area contributed by atoms with Crippen LogP contribution in [-0.4, -0.2) is 42.4 Å². The fourth-order valence-electron chi connectivity index (χ4n) is 6.98. The van der Waals surface area contributed by atoms with Gasteiger partial charge in [0.15, 0.2) is 5.79 Å². The van der Waals surface area contributed by atoms with E-state index in [9.17, 15) is 4.79 Å². The van der Waals surface area contributed by atoms with Crippen molar-refractivity contribution < 1.29 is 32.5 Å². The zero-order chi connectivity index (χ0) is 34.4. The van der Waals surface area contributed by atoms with Crippen molar-refractivity contribution >= 4 is 28.0 Å². The highest BCUT2D eigenvalue weighted by Gasteiger charge is 2.51. The summed E-state index contributed by atoms with van der Waals surface area (Å²) >= 11 is 0. The van der Waals surface area contributed by atoms with E-state index in [1.807, 2.05) is 12.1 Å². The number of ether oxygens (including phenoxy) is 5. The van der Waals surface area contributed by atoms with E-state index in [1.54, 1.807) is 18.4 Å². The van der Waals surface area contributed by atoms with Crippen LogP contribution in [0.4, 0.5) is 0 Å². The van der Waals surface area contributed by atoms with Crippen molar-refractivity contribution in [3.8, 4) is 11.5 Å². The van der Waals surface area contributed by atoms with Crippen molar-refractivity contribution in [1.82, 2.24) is 0 Å². The van der Waals surface area contributed by atoms with Gasteiger partial charge in [0, 0.05) is 18.6 Å². The lowest BCUT2D eigenvalue weighted by molar-refractivity contribution is -0.147. The van der Waals surface area contributed by atoms with Crippen molar-refractivity contribution in [2.45, 2.75) is 103 Å². The van der Waals surface area contributed by atoms with Crippen molar-refractivity contribution in [3.05, 3.63) is 99.6 Å². The number of benzene rings is 2. The minimum absolute atomic E-state index is 0.0390. The highest BCUT2D eigenvalue weighted by Crippen LogP contribution is 2.45. The molecular formula is C41H46O8. The zero-order valence-electron chi connectivity index (χ0n) is 29.3. The van der Waals surface area contributed by atoms with Gasteiger partial charge in [-0.2, -0.15) is 0 Å². The van der Waals surface area contributed by atoms with Gasteiger partial charge in [0.25, 0.3) is 0 Å². The largest absolute Gasteiger partial charge is 0.490 e. The van der Waals surface area contributed by atoms with Gasteiger partial charge in [-0.15, -0.1) is 0 Å². The Balaban J connectivity index is 0.939. The summed E-state index contributed by atoms with van der Waals surface area (Å²) < 4.78 is 42.4. The van der Waals surface area contributed by atoms with Gasteiger partial charge < -0.3 is 32.5 Å². The summed E-state index contributed by atoms with van der Waals surface area (Å²) in [5.41, 5.74) is 5.03. The van der Waals surface area contributed by atoms with Gasteiger partial charge >= 0.3 is 5.63 Å². The van der Waals surface area contributed by atoms with Crippen LogP contribution in [0.3, 0.4) is 0 Å². The van der Waals surface area contributed by atoms with Gasteiger partial charge in [0.1, 0.15) is 35.9 Å². The first-order valence-corrected chi connectivity index (χ1v) is 17.3. The van der Waals surface area contributed by atoms with Crippen LogP contribution in [0.25, 0.3) is 28.0 Å². The number of allylic oxidation sites excluding steroid dienone is 2. The molecule has 0 N–H and O–H groups in total. The van der Waals surface area contributed by atoms with Gasteiger partial charge in [-0.25, -0.2) is 4.79 Å². The molecule has 0 bridgehead atoms. The standard InChI is InChI=1S/C41H46O8/c1-26(7-12-35-39(3,4)47-35)16-20-43-30-10-9-28-15-19-41(25-29(28)23-30)48-36(40(5,6)49-41)13-8-27(2)17-21-45-38-31-11-14-37(42)46-34(31)24-33-32(38)18-22-44-33/h9-11,14-19,22-24,35-36H,7-8,12-13,20-21,25H2,1-6H3/t35?,36-,41+/m1/s1. The van der Waals surface area contributed by atoms with Crippen LogP contribution >= 0.6 is 0 Å². The first-order valence-electron chi connectivity index (χ1n) is 17.3. The summed E-state index contributed by atoms with van der Waals surface area (Å²) in [6, 6.07) is 13.0. The second kappa shape index (κ2) is 13.0. The third kappa shape index (κ3) is 7.28. The van der Waals surface area contributed by atoms with E-state index < -0.39 is 17.0 Å². The maximum Gasteiger partial charge on any atom is 0.336 e. The predicted octanol–water partition coefficient (Wildman–Crippen LogP) is 9.09. The molecule has 2 aromatic heterocycles.